The van der Waals surface area contributed by atoms with Crippen LogP contribution >= 0.6 is 0 Å². The van der Waals surface area contributed by atoms with E-state index in [-0.39, 0.29) is 5.41 Å². The maximum atomic E-state index is 11.7. The lowest BCUT2D eigenvalue weighted by Crippen LogP contribution is -2.40. The third-order valence-corrected chi connectivity index (χ3v) is 3.07. The summed E-state index contributed by atoms with van der Waals surface area (Å²) >= 11 is 0. The average Bonchev–Trinajstić information content (AvgIpc) is 2.43. The van der Waals surface area contributed by atoms with Gasteiger partial charge in [0.05, 0.1) is 13.2 Å². The predicted molar refractivity (Wildman–Crippen MR) is 87.7 cm³/mol. The van der Waals surface area contributed by atoms with Gasteiger partial charge in [-0.3, -0.25) is 0 Å². The van der Waals surface area contributed by atoms with Gasteiger partial charge in [0, 0.05) is 0 Å². The Hall–Kier alpha value is -1.26. The second-order valence-corrected chi connectivity index (χ2v) is 6.94. The first kappa shape index (κ1) is 20.7. The highest BCUT2D eigenvalue weighted by molar-refractivity contribution is 5.80. The van der Waals surface area contributed by atoms with Crippen molar-refractivity contribution in [1.29, 1.82) is 0 Å². The molecule has 0 aromatic rings. The van der Waals surface area contributed by atoms with Gasteiger partial charge in [0.1, 0.15) is 6.04 Å². The molecule has 5 nitrogen and oxygen atoms in total. The van der Waals surface area contributed by atoms with Crippen molar-refractivity contribution in [3.8, 4) is 0 Å². The van der Waals surface area contributed by atoms with Gasteiger partial charge in [-0.25, -0.2) is 9.59 Å². The summed E-state index contributed by atoms with van der Waals surface area (Å²) in [6.07, 6.45) is 6.26. The molecule has 0 aliphatic carbocycles. The van der Waals surface area contributed by atoms with E-state index in [0.717, 1.165) is 12.8 Å². The van der Waals surface area contributed by atoms with Crippen LogP contribution in [0.4, 0.5) is 4.79 Å². The quantitative estimate of drug-likeness (QED) is 0.488. The van der Waals surface area contributed by atoms with Gasteiger partial charge in [-0.2, -0.15) is 0 Å². The first-order valence-electron chi connectivity index (χ1n) is 8.36. The summed E-state index contributed by atoms with van der Waals surface area (Å²) in [5, 5.41) is 2.49. The Morgan fingerprint density at radius 1 is 1.00 bits per heavy atom. The summed E-state index contributed by atoms with van der Waals surface area (Å²) in [4.78, 5) is 23.3. The summed E-state index contributed by atoms with van der Waals surface area (Å²) in [6, 6.07) is -0.687. The molecular weight excluding hydrogens is 282 g/mol. The van der Waals surface area contributed by atoms with Gasteiger partial charge in [-0.05, 0) is 18.8 Å². The lowest BCUT2D eigenvalue weighted by atomic mass is 9.99. The van der Waals surface area contributed by atoms with Gasteiger partial charge in [-0.1, -0.05) is 59.8 Å². The number of amides is 1. The molecule has 0 rings (SSSR count). The molecule has 1 atom stereocenters. The molecular formula is C17H33NO4. The van der Waals surface area contributed by atoms with Crippen molar-refractivity contribution < 1.29 is 19.1 Å². The summed E-state index contributed by atoms with van der Waals surface area (Å²) in [7, 11) is 0. The minimum atomic E-state index is -0.687. The Balaban J connectivity index is 3.72. The zero-order chi connectivity index (χ0) is 17.0. The highest BCUT2D eigenvalue weighted by Crippen LogP contribution is 2.12. The van der Waals surface area contributed by atoms with Crippen LogP contribution in [0.1, 0.15) is 73.1 Å². The second-order valence-electron chi connectivity index (χ2n) is 6.94. The van der Waals surface area contributed by atoms with E-state index in [1.54, 1.807) is 6.92 Å². The molecule has 1 N–H and O–H groups in total. The van der Waals surface area contributed by atoms with Gasteiger partial charge < -0.3 is 14.8 Å². The van der Waals surface area contributed by atoms with E-state index in [2.05, 4.69) is 12.2 Å². The third kappa shape index (κ3) is 12.5. The van der Waals surface area contributed by atoms with E-state index in [0.29, 0.717) is 13.2 Å². The maximum absolute atomic E-state index is 11.7. The number of carbonyl (C=O) groups excluding carboxylic acids is 2. The summed E-state index contributed by atoms with van der Waals surface area (Å²) in [5.41, 5.74) is -0.0984. The highest BCUT2D eigenvalue weighted by Gasteiger charge is 2.19. The molecule has 1 amide bonds. The van der Waals surface area contributed by atoms with Crippen LogP contribution < -0.4 is 5.32 Å². The van der Waals surface area contributed by atoms with Crippen LogP contribution in [-0.2, 0) is 14.3 Å². The van der Waals surface area contributed by atoms with Crippen molar-refractivity contribution in [2.24, 2.45) is 5.41 Å². The number of rotatable bonds is 10. The zero-order valence-electron chi connectivity index (χ0n) is 14.9. The molecule has 0 spiro atoms. The molecule has 0 heterocycles. The SMILES string of the molecule is CCCCCCCCOC(=O)[C@H](C)NC(=O)OCC(C)(C)C. The largest absolute Gasteiger partial charge is 0.464 e. The monoisotopic (exact) mass is 315 g/mol. The summed E-state index contributed by atoms with van der Waals surface area (Å²) in [5.74, 6) is -0.415. The molecule has 0 bridgehead atoms. The molecule has 0 aliphatic heterocycles. The Kier molecular flexibility index (Phi) is 10.7. The summed E-state index contributed by atoms with van der Waals surface area (Å²) < 4.78 is 10.2. The maximum Gasteiger partial charge on any atom is 0.407 e. The fourth-order valence-corrected chi connectivity index (χ4v) is 1.74. The zero-order valence-corrected chi connectivity index (χ0v) is 14.9. The first-order valence-corrected chi connectivity index (χ1v) is 8.36. The van der Waals surface area contributed by atoms with Crippen LogP contribution in [0.15, 0.2) is 0 Å². The van der Waals surface area contributed by atoms with Crippen molar-refractivity contribution in [2.45, 2.75) is 79.2 Å². The van der Waals surface area contributed by atoms with Gasteiger partial charge in [-0.15, -0.1) is 0 Å². The molecule has 0 aromatic carbocycles. The predicted octanol–water partition coefficient (Wildman–Crippen LogP) is 4.05. The van der Waals surface area contributed by atoms with E-state index in [1.165, 1.54) is 25.7 Å². The number of hydrogen-bond donors (Lipinski definition) is 1. The molecule has 0 radical (unpaired) electrons. The fourth-order valence-electron chi connectivity index (χ4n) is 1.74. The van der Waals surface area contributed by atoms with Crippen LogP contribution in [0.2, 0.25) is 0 Å². The lowest BCUT2D eigenvalue weighted by Gasteiger charge is -2.19. The number of ether oxygens (including phenoxy) is 2. The topological polar surface area (TPSA) is 64.6 Å². The van der Waals surface area contributed by atoms with Crippen LogP contribution in [0.25, 0.3) is 0 Å². The van der Waals surface area contributed by atoms with Crippen molar-refractivity contribution in [1.82, 2.24) is 5.32 Å². The minimum absolute atomic E-state index is 0.0984. The number of nitrogens with one attached hydrogen (secondary N) is 1. The second kappa shape index (κ2) is 11.3. The van der Waals surface area contributed by atoms with Crippen LogP contribution in [0.3, 0.4) is 0 Å². The van der Waals surface area contributed by atoms with Crippen molar-refractivity contribution in [3.63, 3.8) is 0 Å². The number of carbonyl (C=O) groups is 2. The van der Waals surface area contributed by atoms with Gasteiger partial charge in [0.25, 0.3) is 0 Å². The smallest absolute Gasteiger partial charge is 0.407 e. The van der Waals surface area contributed by atoms with E-state index < -0.39 is 18.1 Å². The van der Waals surface area contributed by atoms with Crippen LogP contribution in [-0.4, -0.2) is 31.3 Å². The van der Waals surface area contributed by atoms with Crippen molar-refractivity contribution in [3.05, 3.63) is 0 Å². The Morgan fingerprint density at radius 3 is 2.18 bits per heavy atom. The van der Waals surface area contributed by atoms with Gasteiger partial charge in [0.2, 0.25) is 0 Å². The van der Waals surface area contributed by atoms with E-state index >= 15 is 0 Å². The molecule has 0 fully saturated rings. The Labute approximate surface area is 135 Å². The van der Waals surface area contributed by atoms with Crippen LogP contribution in [0, 0.1) is 5.41 Å². The molecule has 0 aliphatic rings. The standard InChI is InChI=1S/C17H33NO4/c1-6-7-8-9-10-11-12-21-15(19)14(2)18-16(20)22-13-17(3,4)5/h14H,6-13H2,1-5H3,(H,18,20)/t14-/m0/s1. The van der Waals surface area contributed by atoms with E-state index in [4.69, 9.17) is 9.47 Å². The van der Waals surface area contributed by atoms with E-state index in [1.807, 2.05) is 20.8 Å². The third-order valence-electron chi connectivity index (χ3n) is 3.07. The van der Waals surface area contributed by atoms with Gasteiger partial charge in [0.15, 0.2) is 0 Å². The molecule has 22 heavy (non-hydrogen) atoms. The molecule has 130 valence electrons. The molecule has 0 aromatic heterocycles. The van der Waals surface area contributed by atoms with Gasteiger partial charge >= 0.3 is 12.1 Å². The Morgan fingerprint density at radius 2 is 1.59 bits per heavy atom. The first-order chi connectivity index (χ1) is 10.3. The average molecular weight is 315 g/mol. The number of unbranched alkanes of at least 4 members (excludes halogenated alkanes) is 5. The van der Waals surface area contributed by atoms with Crippen LogP contribution in [0.5, 0.6) is 0 Å². The minimum Gasteiger partial charge on any atom is -0.464 e. The normalized spacial score (nSPS) is 12.6. The molecule has 5 heteroatoms. The lowest BCUT2D eigenvalue weighted by molar-refractivity contribution is -0.145. The molecule has 0 unspecified atom stereocenters. The molecule has 0 saturated carbocycles. The van der Waals surface area contributed by atoms with E-state index in [9.17, 15) is 9.59 Å². The Bertz CT molecular complexity index is 323. The highest BCUT2D eigenvalue weighted by atomic mass is 16.6. The fraction of sp³-hybridized carbons (Fsp3) is 0.882. The van der Waals surface area contributed by atoms with Crippen molar-refractivity contribution in [2.75, 3.05) is 13.2 Å². The number of esters is 1. The summed E-state index contributed by atoms with van der Waals surface area (Å²) in [6.45, 7) is 10.4. The number of hydrogen-bond acceptors (Lipinski definition) is 4. The molecule has 0 saturated heterocycles. The number of alkyl carbamates (subject to hydrolysis) is 1. The van der Waals surface area contributed by atoms with Crippen molar-refractivity contribution >= 4 is 12.1 Å².